The second kappa shape index (κ2) is 9.15. The van der Waals surface area contributed by atoms with E-state index in [1.165, 1.54) is 7.11 Å². The van der Waals surface area contributed by atoms with Gasteiger partial charge in [0.25, 0.3) is 5.91 Å². The standard InChI is InChI=1S/C21H27N3O6/c1-4-12(2)18(21(28)29-3)23-17(25)11-30-20(27)13-7-8-15-14(10-13)22-19(26)16-6-5-9-24(15)16/h7-8,10,12,16,18H,4-6,9,11H2,1-3H3,(H,22,26)(H,23,25)/t12-,16+,18+/m0/s1. The Hall–Kier alpha value is -3.10. The van der Waals surface area contributed by atoms with E-state index in [0.29, 0.717) is 12.1 Å². The predicted octanol–water partition coefficient (Wildman–Crippen LogP) is 1.47. The van der Waals surface area contributed by atoms with Crippen molar-refractivity contribution < 1.29 is 28.7 Å². The van der Waals surface area contributed by atoms with Crippen molar-refractivity contribution in [3.8, 4) is 0 Å². The van der Waals surface area contributed by atoms with E-state index >= 15 is 0 Å². The highest BCUT2D eigenvalue weighted by molar-refractivity contribution is 6.05. The molecule has 2 aliphatic heterocycles. The third-order valence-corrected chi connectivity index (χ3v) is 5.67. The van der Waals surface area contributed by atoms with Crippen LogP contribution in [0.15, 0.2) is 18.2 Å². The van der Waals surface area contributed by atoms with Crippen LogP contribution in [0.3, 0.4) is 0 Å². The average Bonchev–Trinajstić information content (AvgIpc) is 3.25. The number of esters is 2. The second-order valence-electron chi connectivity index (χ2n) is 7.60. The summed E-state index contributed by atoms with van der Waals surface area (Å²) in [5.74, 6) is -2.04. The molecular weight excluding hydrogens is 390 g/mol. The Morgan fingerprint density at radius 2 is 2.10 bits per heavy atom. The number of nitrogens with zero attached hydrogens (tertiary/aromatic N) is 1. The quantitative estimate of drug-likeness (QED) is 0.646. The largest absolute Gasteiger partial charge is 0.467 e. The fourth-order valence-corrected chi connectivity index (χ4v) is 3.78. The highest BCUT2D eigenvalue weighted by Crippen LogP contribution is 2.37. The summed E-state index contributed by atoms with van der Waals surface area (Å²) in [7, 11) is 1.25. The highest BCUT2D eigenvalue weighted by Gasteiger charge is 2.36. The molecule has 3 rings (SSSR count). The van der Waals surface area contributed by atoms with Crippen molar-refractivity contribution in [2.45, 2.75) is 45.2 Å². The topological polar surface area (TPSA) is 114 Å². The van der Waals surface area contributed by atoms with Crippen LogP contribution in [-0.4, -0.2) is 56.1 Å². The van der Waals surface area contributed by atoms with Crippen molar-refractivity contribution in [1.82, 2.24) is 5.32 Å². The minimum atomic E-state index is -0.807. The van der Waals surface area contributed by atoms with Gasteiger partial charge in [-0.15, -0.1) is 0 Å². The Balaban J connectivity index is 1.61. The summed E-state index contributed by atoms with van der Waals surface area (Å²) in [6.07, 6.45) is 2.42. The second-order valence-corrected chi connectivity index (χ2v) is 7.60. The van der Waals surface area contributed by atoms with Crippen LogP contribution < -0.4 is 15.5 Å². The van der Waals surface area contributed by atoms with Gasteiger partial charge < -0.3 is 25.0 Å². The molecule has 1 aromatic carbocycles. The smallest absolute Gasteiger partial charge is 0.338 e. The first kappa shape index (κ1) is 21.6. The predicted molar refractivity (Wildman–Crippen MR) is 109 cm³/mol. The van der Waals surface area contributed by atoms with Crippen molar-refractivity contribution in [2.75, 3.05) is 30.5 Å². The molecule has 1 aromatic rings. The van der Waals surface area contributed by atoms with Gasteiger partial charge in [0.2, 0.25) is 5.91 Å². The monoisotopic (exact) mass is 417 g/mol. The van der Waals surface area contributed by atoms with E-state index in [1.54, 1.807) is 18.2 Å². The summed E-state index contributed by atoms with van der Waals surface area (Å²) in [4.78, 5) is 50.7. The van der Waals surface area contributed by atoms with E-state index in [-0.39, 0.29) is 23.4 Å². The number of hydrogen-bond acceptors (Lipinski definition) is 7. The Morgan fingerprint density at radius 1 is 1.33 bits per heavy atom. The molecule has 162 valence electrons. The molecule has 2 N–H and O–H groups in total. The Kier molecular flexibility index (Phi) is 6.59. The molecule has 9 heteroatoms. The summed E-state index contributed by atoms with van der Waals surface area (Å²) in [6.45, 7) is 3.99. The van der Waals surface area contributed by atoms with Gasteiger partial charge in [-0.1, -0.05) is 20.3 Å². The molecule has 2 aliphatic rings. The molecule has 0 saturated carbocycles. The van der Waals surface area contributed by atoms with Crippen LogP contribution in [-0.2, 0) is 23.9 Å². The van der Waals surface area contributed by atoms with Gasteiger partial charge in [0.15, 0.2) is 6.61 Å². The maximum Gasteiger partial charge on any atom is 0.338 e. The molecule has 0 aliphatic carbocycles. The molecule has 30 heavy (non-hydrogen) atoms. The molecule has 0 spiro atoms. The van der Waals surface area contributed by atoms with E-state index in [2.05, 4.69) is 10.6 Å². The SMILES string of the molecule is CC[C@H](C)[C@@H](NC(=O)COC(=O)c1ccc2c(c1)NC(=O)[C@H]1CCCN21)C(=O)OC. The fourth-order valence-electron chi connectivity index (χ4n) is 3.78. The molecular formula is C21H27N3O6. The van der Waals surface area contributed by atoms with Crippen LogP contribution in [0.25, 0.3) is 0 Å². The van der Waals surface area contributed by atoms with Gasteiger partial charge in [-0.25, -0.2) is 9.59 Å². The van der Waals surface area contributed by atoms with Gasteiger partial charge in [0, 0.05) is 6.54 Å². The number of carbonyl (C=O) groups excluding carboxylic acids is 4. The Labute approximate surface area is 175 Å². The number of fused-ring (bicyclic) bond motifs is 3. The number of ether oxygens (including phenoxy) is 2. The van der Waals surface area contributed by atoms with Crippen molar-refractivity contribution in [3.63, 3.8) is 0 Å². The molecule has 0 radical (unpaired) electrons. The fraction of sp³-hybridized carbons (Fsp3) is 0.524. The molecule has 3 atom stereocenters. The van der Waals surface area contributed by atoms with Gasteiger partial charge in [0.1, 0.15) is 12.1 Å². The molecule has 1 fully saturated rings. The van der Waals surface area contributed by atoms with E-state index in [1.807, 2.05) is 18.7 Å². The molecule has 2 heterocycles. The van der Waals surface area contributed by atoms with Crippen molar-refractivity contribution in [2.24, 2.45) is 5.92 Å². The number of amides is 2. The number of benzene rings is 1. The van der Waals surface area contributed by atoms with Gasteiger partial charge in [0.05, 0.1) is 24.0 Å². The minimum absolute atomic E-state index is 0.0798. The molecule has 0 aromatic heterocycles. The van der Waals surface area contributed by atoms with Crippen molar-refractivity contribution in [3.05, 3.63) is 23.8 Å². The van der Waals surface area contributed by atoms with Gasteiger partial charge in [-0.2, -0.15) is 0 Å². The summed E-state index contributed by atoms with van der Waals surface area (Å²) >= 11 is 0. The molecule has 0 unspecified atom stereocenters. The van der Waals surface area contributed by atoms with Crippen LogP contribution >= 0.6 is 0 Å². The normalized spacial score (nSPS) is 19.1. The summed E-state index contributed by atoms with van der Waals surface area (Å²) in [6, 6.07) is 3.98. The van der Waals surface area contributed by atoms with E-state index in [4.69, 9.17) is 9.47 Å². The minimum Gasteiger partial charge on any atom is -0.467 e. The first-order valence-corrected chi connectivity index (χ1v) is 10.1. The number of carbonyl (C=O) groups is 4. The van der Waals surface area contributed by atoms with Gasteiger partial charge in [-0.05, 0) is 37.0 Å². The van der Waals surface area contributed by atoms with Gasteiger partial charge in [-0.3, -0.25) is 9.59 Å². The summed E-state index contributed by atoms with van der Waals surface area (Å²) in [5, 5.41) is 5.39. The zero-order chi connectivity index (χ0) is 21.8. The number of rotatable bonds is 7. The molecule has 0 bridgehead atoms. The summed E-state index contributed by atoms with van der Waals surface area (Å²) < 4.78 is 9.82. The number of nitrogens with one attached hydrogen (secondary N) is 2. The van der Waals surface area contributed by atoms with Crippen LogP contribution in [0.1, 0.15) is 43.5 Å². The lowest BCUT2D eigenvalue weighted by atomic mass is 9.99. The number of anilines is 2. The first-order chi connectivity index (χ1) is 14.3. The zero-order valence-electron chi connectivity index (χ0n) is 17.4. The lowest BCUT2D eigenvalue weighted by Gasteiger charge is -2.33. The number of hydrogen-bond donors (Lipinski definition) is 2. The third kappa shape index (κ3) is 4.39. The van der Waals surface area contributed by atoms with Crippen LogP contribution in [0.2, 0.25) is 0 Å². The third-order valence-electron chi connectivity index (χ3n) is 5.67. The van der Waals surface area contributed by atoms with Crippen LogP contribution in [0, 0.1) is 5.92 Å². The van der Waals surface area contributed by atoms with E-state index < -0.39 is 30.5 Å². The molecule has 2 amide bonds. The zero-order valence-corrected chi connectivity index (χ0v) is 17.4. The lowest BCUT2D eigenvalue weighted by Crippen LogP contribution is -2.47. The van der Waals surface area contributed by atoms with Gasteiger partial charge >= 0.3 is 11.9 Å². The molecule has 1 saturated heterocycles. The Morgan fingerprint density at radius 3 is 2.80 bits per heavy atom. The van der Waals surface area contributed by atoms with Crippen molar-refractivity contribution in [1.29, 1.82) is 0 Å². The van der Waals surface area contributed by atoms with E-state index in [9.17, 15) is 19.2 Å². The first-order valence-electron chi connectivity index (χ1n) is 10.1. The van der Waals surface area contributed by atoms with Crippen LogP contribution in [0.5, 0.6) is 0 Å². The summed E-state index contributed by atoms with van der Waals surface area (Å²) in [5.41, 5.74) is 1.66. The van der Waals surface area contributed by atoms with Crippen molar-refractivity contribution >= 4 is 35.1 Å². The maximum atomic E-state index is 12.4. The maximum absolute atomic E-state index is 12.4. The van der Waals surface area contributed by atoms with Crippen LogP contribution in [0.4, 0.5) is 11.4 Å². The van der Waals surface area contributed by atoms with E-state index in [0.717, 1.165) is 25.1 Å². The highest BCUT2D eigenvalue weighted by atomic mass is 16.5. The average molecular weight is 417 g/mol. The lowest BCUT2D eigenvalue weighted by molar-refractivity contribution is -0.147. The molecule has 9 nitrogen and oxygen atoms in total. The number of methoxy groups -OCH3 is 1. The Bertz CT molecular complexity index is 855.